The van der Waals surface area contributed by atoms with Gasteiger partial charge in [-0.2, -0.15) is 0 Å². The Bertz CT molecular complexity index is 701. The molecule has 0 bridgehead atoms. The summed E-state index contributed by atoms with van der Waals surface area (Å²) in [6, 6.07) is 6.85. The monoisotopic (exact) mass is 360 g/mol. The fourth-order valence-corrected chi connectivity index (χ4v) is 3.20. The van der Waals surface area contributed by atoms with Crippen LogP contribution in [-0.2, 0) is 32.0 Å². The second-order valence-electron chi connectivity index (χ2n) is 6.47. The summed E-state index contributed by atoms with van der Waals surface area (Å²) in [5.41, 5.74) is 1.48. The number of amides is 2. The van der Waals surface area contributed by atoms with Gasteiger partial charge >= 0.3 is 5.97 Å². The van der Waals surface area contributed by atoms with E-state index < -0.39 is 5.97 Å². The standard InChI is InChI=1S/C19H24N2O5/c1-13(22)16-7-4-10-21(16)18(24)12-15-6-3-2-5-14(15)11-17(23)20-9-8-19(25)26/h2-3,5-6,16H,4,7-12H2,1H3,(H,20,23)(H,25,26)/t16-/m1/s1. The van der Waals surface area contributed by atoms with E-state index in [0.717, 1.165) is 17.5 Å². The lowest BCUT2D eigenvalue weighted by molar-refractivity contribution is -0.137. The maximum Gasteiger partial charge on any atom is 0.305 e. The van der Waals surface area contributed by atoms with E-state index in [1.54, 1.807) is 29.2 Å². The van der Waals surface area contributed by atoms with E-state index in [0.29, 0.717) is 13.0 Å². The first-order valence-electron chi connectivity index (χ1n) is 8.73. The highest BCUT2D eigenvalue weighted by molar-refractivity contribution is 5.89. The normalized spacial score (nSPS) is 16.3. The fraction of sp³-hybridized carbons (Fsp3) is 0.474. The Kier molecular flexibility index (Phi) is 6.89. The number of carbonyl (C=O) groups excluding carboxylic acids is 3. The molecule has 26 heavy (non-hydrogen) atoms. The highest BCUT2D eigenvalue weighted by Crippen LogP contribution is 2.20. The van der Waals surface area contributed by atoms with Gasteiger partial charge in [0.05, 0.1) is 25.3 Å². The minimum Gasteiger partial charge on any atom is -0.481 e. The van der Waals surface area contributed by atoms with Crippen molar-refractivity contribution < 1.29 is 24.3 Å². The van der Waals surface area contributed by atoms with E-state index in [1.165, 1.54) is 6.92 Å². The summed E-state index contributed by atoms with van der Waals surface area (Å²) in [7, 11) is 0. The number of carboxylic acid groups (broad SMARTS) is 1. The van der Waals surface area contributed by atoms with E-state index in [-0.39, 0.29) is 49.4 Å². The van der Waals surface area contributed by atoms with Crippen LogP contribution in [0.25, 0.3) is 0 Å². The highest BCUT2D eigenvalue weighted by atomic mass is 16.4. The van der Waals surface area contributed by atoms with Crippen LogP contribution in [0.1, 0.15) is 37.3 Å². The number of carbonyl (C=O) groups is 4. The summed E-state index contributed by atoms with van der Waals surface area (Å²) in [5.74, 6) is -1.36. The number of hydrogen-bond donors (Lipinski definition) is 2. The minimum absolute atomic E-state index is 0.00180. The first-order chi connectivity index (χ1) is 12.4. The van der Waals surface area contributed by atoms with E-state index >= 15 is 0 Å². The van der Waals surface area contributed by atoms with Crippen molar-refractivity contribution in [2.45, 2.75) is 45.1 Å². The van der Waals surface area contributed by atoms with Gasteiger partial charge in [0.1, 0.15) is 0 Å². The summed E-state index contributed by atoms with van der Waals surface area (Å²) >= 11 is 0. The number of nitrogens with zero attached hydrogens (tertiary/aromatic N) is 1. The van der Waals surface area contributed by atoms with Gasteiger partial charge in [0.25, 0.3) is 0 Å². The van der Waals surface area contributed by atoms with Crippen molar-refractivity contribution in [1.82, 2.24) is 10.2 Å². The van der Waals surface area contributed by atoms with Crippen LogP contribution in [0.4, 0.5) is 0 Å². The second kappa shape index (κ2) is 9.12. The maximum atomic E-state index is 12.6. The number of Topliss-reactive ketones (excluding diaryl/α,β-unsaturated/α-hetero) is 1. The van der Waals surface area contributed by atoms with E-state index in [1.807, 2.05) is 0 Å². The zero-order chi connectivity index (χ0) is 19.1. The molecular weight excluding hydrogens is 336 g/mol. The third-order valence-electron chi connectivity index (χ3n) is 4.51. The number of likely N-dealkylation sites (tertiary alicyclic amines) is 1. The summed E-state index contributed by atoms with van der Waals surface area (Å²) in [6.45, 7) is 2.16. The Morgan fingerprint density at radius 3 is 2.42 bits per heavy atom. The van der Waals surface area contributed by atoms with Crippen LogP contribution in [0.15, 0.2) is 24.3 Å². The summed E-state index contributed by atoms with van der Waals surface area (Å²) in [5, 5.41) is 11.2. The molecule has 0 spiro atoms. The molecular formula is C19H24N2O5. The third kappa shape index (κ3) is 5.40. The topological polar surface area (TPSA) is 104 Å². The van der Waals surface area contributed by atoms with Crippen LogP contribution in [0.2, 0.25) is 0 Å². The van der Waals surface area contributed by atoms with E-state index in [9.17, 15) is 19.2 Å². The molecule has 140 valence electrons. The summed E-state index contributed by atoms with van der Waals surface area (Å²) in [4.78, 5) is 48.4. The predicted molar refractivity (Wildman–Crippen MR) is 94.5 cm³/mol. The van der Waals surface area contributed by atoms with Gasteiger partial charge in [-0.15, -0.1) is 0 Å². The van der Waals surface area contributed by atoms with Crippen LogP contribution >= 0.6 is 0 Å². The van der Waals surface area contributed by atoms with Crippen molar-refractivity contribution in [3.63, 3.8) is 0 Å². The Morgan fingerprint density at radius 1 is 1.15 bits per heavy atom. The molecule has 2 amide bonds. The summed E-state index contributed by atoms with van der Waals surface area (Å²) < 4.78 is 0. The quantitative estimate of drug-likeness (QED) is 0.718. The zero-order valence-electron chi connectivity index (χ0n) is 14.9. The van der Waals surface area contributed by atoms with Crippen molar-refractivity contribution in [2.75, 3.05) is 13.1 Å². The van der Waals surface area contributed by atoms with Crippen molar-refractivity contribution in [3.8, 4) is 0 Å². The Morgan fingerprint density at radius 2 is 1.81 bits per heavy atom. The average Bonchev–Trinajstić information content (AvgIpc) is 3.06. The second-order valence-corrected chi connectivity index (χ2v) is 6.47. The van der Waals surface area contributed by atoms with Gasteiger partial charge in [0.2, 0.25) is 11.8 Å². The van der Waals surface area contributed by atoms with Gasteiger partial charge in [-0.25, -0.2) is 0 Å². The largest absolute Gasteiger partial charge is 0.481 e. The molecule has 2 N–H and O–H groups in total. The lowest BCUT2D eigenvalue weighted by Gasteiger charge is -2.23. The number of rotatable bonds is 8. The molecule has 0 radical (unpaired) electrons. The van der Waals surface area contributed by atoms with Gasteiger partial charge in [0, 0.05) is 13.1 Å². The first kappa shape index (κ1) is 19.6. The van der Waals surface area contributed by atoms with Gasteiger partial charge in [-0.05, 0) is 30.9 Å². The molecule has 0 saturated carbocycles. The molecule has 1 aromatic rings. The van der Waals surface area contributed by atoms with E-state index in [2.05, 4.69) is 5.32 Å². The fourth-order valence-electron chi connectivity index (χ4n) is 3.20. The lowest BCUT2D eigenvalue weighted by atomic mass is 10.0. The SMILES string of the molecule is CC(=O)[C@H]1CCCN1C(=O)Cc1ccccc1CC(=O)NCCC(=O)O. The molecule has 7 heteroatoms. The van der Waals surface area contributed by atoms with Gasteiger partial charge < -0.3 is 15.3 Å². The molecule has 2 rings (SSSR count). The van der Waals surface area contributed by atoms with Crippen LogP contribution in [0.3, 0.4) is 0 Å². The van der Waals surface area contributed by atoms with Crippen molar-refractivity contribution >= 4 is 23.6 Å². The predicted octanol–water partition coefficient (Wildman–Crippen LogP) is 0.942. The number of aliphatic carboxylic acids is 1. The van der Waals surface area contributed by atoms with Crippen LogP contribution < -0.4 is 5.32 Å². The highest BCUT2D eigenvalue weighted by Gasteiger charge is 2.31. The molecule has 0 aromatic heterocycles. The number of carboxylic acids is 1. The van der Waals surface area contributed by atoms with Gasteiger partial charge in [-0.3, -0.25) is 19.2 Å². The van der Waals surface area contributed by atoms with Crippen molar-refractivity contribution in [3.05, 3.63) is 35.4 Å². The first-order valence-corrected chi connectivity index (χ1v) is 8.73. The van der Waals surface area contributed by atoms with Crippen molar-refractivity contribution in [2.24, 2.45) is 0 Å². The van der Waals surface area contributed by atoms with Crippen LogP contribution in [0, 0.1) is 0 Å². The molecule has 1 heterocycles. The van der Waals surface area contributed by atoms with Gasteiger partial charge in [-0.1, -0.05) is 24.3 Å². The number of nitrogens with one attached hydrogen (secondary N) is 1. The molecule has 0 unspecified atom stereocenters. The molecule has 1 aromatic carbocycles. The Balaban J connectivity index is 2.00. The smallest absolute Gasteiger partial charge is 0.305 e. The Hall–Kier alpha value is -2.70. The molecule has 1 fully saturated rings. The van der Waals surface area contributed by atoms with E-state index in [4.69, 9.17) is 5.11 Å². The number of benzene rings is 1. The molecule has 7 nitrogen and oxygen atoms in total. The Labute approximate surface area is 152 Å². The molecule has 1 aliphatic heterocycles. The van der Waals surface area contributed by atoms with Crippen LogP contribution in [-0.4, -0.2) is 52.7 Å². The van der Waals surface area contributed by atoms with Crippen molar-refractivity contribution in [1.29, 1.82) is 0 Å². The molecule has 1 atom stereocenters. The van der Waals surface area contributed by atoms with Crippen LogP contribution in [0.5, 0.6) is 0 Å². The van der Waals surface area contributed by atoms with Gasteiger partial charge in [0.15, 0.2) is 5.78 Å². The molecule has 1 aliphatic rings. The molecule has 1 saturated heterocycles. The maximum absolute atomic E-state index is 12.6. The average molecular weight is 360 g/mol. The number of ketones is 1. The third-order valence-corrected chi connectivity index (χ3v) is 4.51. The number of hydrogen-bond acceptors (Lipinski definition) is 4. The lowest BCUT2D eigenvalue weighted by Crippen LogP contribution is -2.40. The minimum atomic E-state index is -0.970. The molecule has 0 aliphatic carbocycles. The zero-order valence-corrected chi connectivity index (χ0v) is 14.9. The summed E-state index contributed by atoms with van der Waals surface area (Å²) in [6.07, 6.45) is 1.62.